The van der Waals surface area contributed by atoms with Gasteiger partial charge in [0.25, 0.3) is 5.56 Å². The highest BCUT2D eigenvalue weighted by molar-refractivity contribution is 7.71. The number of hydrogen-bond acceptors (Lipinski definition) is 2. The van der Waals surface area contributed by atoms with Gasteiger partial charge in [0.1, 0.15) is 5.82 Å². The number of aromatic amines is 1. The molecule has 0 aliphatic heterocycles. The second kappa shape index (κ2) is 4.86. The quantitative estimate of drug-likeness (QED) is 0.847. The molecule has 0 amide bonds. The molecule has 5 heteroatoms. The van der Waals surface area contributed by atoms with E-state index in [1.54, 1.807) is 23.8 Å². The van der Waals surface area contributed by atoms with Gasteiger partial charge in [-0.1, -0.05) is 12.1 Å². The highest BCUT2D eigenvalue weighted by Crippen LogP contribution is 2.19. The van der Waals surface area contributed by atoms with Gasteiger partial charge in [-0.2, -0.15) is 0 Å². The van der Waals surface area contributed by atoms with Crippen molar-refractivity contribution >= 4 is 12.2 Å². The van der Waals surface area contributed by atoms with Gasteiger partial charge in [-0.05, 0) is 43.3 Å². The maximum absolute atomic E-state index is 13.5. The molecule has 0 saturated heterocycles. The zero-order valence-electron chi connectivity index (χ0n) is 10.1. The monoisotopic (exact) mass is 264 g/mol. The number of hydrogen-bond donors (Lipinski definition) is 1. The van der Waals surface area contributed by atoms with Gasteiger partial charge in [0.2, 0.25) is 0 Å². The largest absolute Gasteiger partial charge is 0.318 e. The maximum atomic E-state index is 13.5. The number of benzene rings is 1. The van der Waals surface area contributed by atoms with E-state index in [9.17, 15) is 9.18 Å². The normalized spacial score (nSPS) is 12.4. The van der Waals surface area contributed by atoms with Crippen LogP contribution in [0.5, 0.6) is 0 Å². The van der Waals surface area contributed by atoms with Crippen LogP contribution in [0.2, 0.25) is 0 Å². The Kier molecular flexibility index (Phi) is 3.43. The van der Waals surface area contributed by atoms with E-state index < -0.39 is 0 Å². The van der Waals surface area contributed by atoms with Crippen molar-refractivity contribution in [2.75, 3.05) is 0 Å². The van der Waals surface area contributed by atoms with E-state index in [0.29, 0.717) is 10.3 Å². The zero-order valence-corrected chi connectivity index (χ0v) is 10.9. The van der Waals surface area contributed by atoms with Gasteiger partial charge in [-0.15, -0.1) is 0 Å². The molecule has 1 aromatic carbocycles. The standard InChI is InChI=1S/C13H13FN2OS/c1-8-3-4-10(7-11(8)14)9(2)16-6-5-12(17)15-13(16)18/h3-7,9H,1-2H3,(H,15,17,18). The van der Waals surface area contributed by atoms with Crippen molar-refractivity contribution in [3.8, 4) is 0 Å². The predicted octanol–water partition coefficient (Wildman–Crippen LogP) is 2.96. The first-order valence-electron chi connectivity index (χ1n) is 5.56. The van der Waals surface area contributed by atoms with Crippen molar-refractivity contribution in [2.24, 2.45) is 0 Å². The molecule has 0 saturated carbocycles. The molecular weight excluding hydrogens is 251 g/mol. The summed E-state index contributed by atoms with van der Waals surface area (Å²) in [5.74, 6) is -0.240. The summed E-state index contributed by atoms with van der Waals surface area (Å²) in [6.07, 6.45) is 1.61. The smallest absolute Gasteiger partial charge is 0.251 e. The second-order valence-electron chi connectivity index (χ2n) is 4.20. The van der Waals surface area contributed by atoms with E-state index in [2.05, 4.69) is 4.98 Å². The molecule has 0 spiro atoms. The van der Waals surface area contributed by atoms with E-state index in [-0.39, 0.29) is 17.4 Å². The topological polar surface area (TPSA) is 37.8 Å². The Bertz CT molecular complexity index is 690. The van der Waals surface area contributed by atoms with Gasteiger partial charge in [0, 0.05) is 12.3 Å². The Hall–Kier alpha value is -1.75. The fourth-order valence-corrected chi connectivity index (χ4v) is 2.08. The summed E-state index contributed by atoms with van der Waals surface area (Å²) in [7, 11) is 0. The summed E-state index contributed by atoms with van der Waals surface area (Å²) in [4.78, 5) is 13.6. The van der Waals surface area contributed by atoms with Crippen LogP contribution in [-0.4, -0.2) is 9.55 Å². The molecule has 1 unspecified atom stereocenters. The molecule has 0 radical (unpaired) electrons. The van der Waals surface area contributed by atoms with Gasteiger partial charge < -0.3 is 4.57 Å². The average molecular weight is 264 g/mol. The molecule has 1 heterocycles. The summed E-state index contributed by atoms with van der Waals surface area (Å²) >= 11 is 5.09. The molecule has 1 aromatic heterocycles. The molecule has 1 atom stereocenters. The van der Waals surface area contributed by atoms with E-state index in [1.807, 2.05) is 13.0 Å². The third-order valence-corrected chi connectivity index (χ3v) is 3.26. The molecule has 0 aliphatic carbocycles. The van der Waals surface area contributed by atoms with Crippen LogP contribution in [0.3, 0.4) is 0 Å². The number of aryl methyl sites for hydroxylation is 1. The van der Waals surface area contributed by atoms with Crippen LogP contribution in [-0.2, 0) is 0 Å². The van der Waals surface area contributed by atoms with Gasteiger partial charge in [0.05, 0.1) is 6.04 Å². The first-order valence-corrected chi connectivity index (χ1v) is 5.97. The summed E-state index contributed by atoms with van der Waals surface area (Å²) in [5.41, 5.74) is 1.18. The highest BCUT2D eigenvalue weighted by atomic mass is 32.1. The lowest BCUT2D eigenvalue weighted by molar-refractivity contribution is 0.586. The lowest BCUT2D eigenvalue weighted by Crippen LogP contribution is -2.15. The minimum absolute atomic E-state index is 0.135. The van der Waals surface area contributed by atoms with Crippen LogP contribution in [0.25, 0.3) is 0 Å². The molecule has 2 rings (SSSR count). The van der Waals surface area contributed by atoms with Crippen LogP contribution in [0, 0.1) is 17.5 Å². The number of rotatable bonds is 2. The van der Waals surface area contributed by atoms with Gasteiger partial charge >= 0.3 is 0 Å². The van der Waals surface area contributed by atoms with Gasteiger partial charge in [0.15, 0.2) is 4.77 Å². The minimum atomic E-state index is -0.240. The maximum Gasteiger partial charge on any atom is 0.251 e. The van der Waals surface area contributed by atoms with E-state index in [1.165, 1.54) is 12.1 Å². The Labute approximate surface area is 109 Å². The molecule has 3 nitrogen and oxygen atoms in total. The van der Waals surface area contributed by atoms with Crippen molar-refractivity contribution in [3.05, 3.63) is 62.5 Å². The zero-order chi connectivity index (χ0) is 13.3. The second-order valence-corrected chi connectivity index (χ2v) is 4.59. The fourth-order valence-electron chi connectivity index (χ4n) is 1.76. The minimum Gasteiger partial charge on any atom is -0.318 e. The first kappa shape index (κ1) is 12.7. The van der Waals surface area contributed by atoms with Crippen molar-refractivity contribution < 1.29 is 4.39 Å². The van der Waals surface area contributed by atoms with Crippen molar-refractivity contribution in [1.29, 1.82) is 0 Å². The Morgan fingerprint density at radius 1 is 1.39 bits per heavy atom. The third kappa shape index (κ3) is 2.41. The Morgan fingerprint density at radius 3 is 2.72 bits per heavy atom. The van der Waals surface area contributed by atoms with Crippen LogP contribution < -0.4 is 5.56 Å². The molecule has 0 bridgehead atoms. The molecule has 0 aliphatic rings. The summed E-state index contributed by atoms with van der Waals surface area (Å²) < 4.78 is 15.6. The van der Waals surface area contributed by atoms with Crippen LogP contribution in [0.4, 0.5) is 4.39 Å². The van der Waals surface area contributed by atoms with E-state index >= 15 is 0 Å². The van der Waals surface area contributed by atoms with Gasteiger partial charge in [-0.3, -0.25) is 9.78 Å². The lowest BCUT2D eigenvalue weighted by atomic mass is 10.1. The number of nitrogens with zero attached hydrogens (tertiary/aromatic N) is 1. The number of aromatic nitrogens is 2. The van der Waals surface area contributed by atoms with Crippen LogP contribution in [0.15, 0.2) is 35.3 Å². The van der Waals surface area contributed by atoms with E-state index in [4.69, 9.17) is 12.2 Å². The third-order valence-electron chi connectivity index (χ3n) is 2.95. The predicted molar refractivity (Wildman–Crippen MR) is 70.8 cm³/mol. The number of nitrogens with one attached hydrogen (secondary N) is 1. The molecule has 1 N–H and O–H groups in total. The molecule has 18 heavy (non-hydrogen) atoms. The summed E-state index contributed by atoms with van der Waals surface area (Å²) in [5, 5.41) is 0. The Morgan fingerprint density at radius 2 is 2.11 bits per heavy atom. The van der Waals surface area contributed by atoms with Crippen LogP contribution in [0.1, 0.15) is 24.1 Å². The van der Waals surface area contributed by atoms with Crippen molar-refractivity contribution in [2.45, 2.75) is 19.9 Å². The molecule has 0 fully saturated rings. The van der Waals surface area contributed by atoms with Crippen molar-refractivity contribution in [1.82, 2.24) is 9.55 Å². The molecule has 94 valence electrons. The Balaban J connectivity index is 2.47. The number of halogens is 1. The SMILES string of the molecule is Cc1ccc(C(C)n2ccc(=O)[nH]c2=S)cc1F. The van der Waals surface area contributed by atoms with Crippen LogP contribution >= 0.6 is 12.2 Å². The summed E-state index contributed by atoms with van der Waals surface area (Å²) in [6, 6.07) is 6.35. The lowest BCUT2D eigenvalue weighted by Gasteiger charge is -2.16. The first-order chi connectivity index (χ1) is 8.49. The van der Waals surface area contributed by atoms with E-state index in [0.717, 1.165) is 5.56 Å². The fraction of sp³-hybridized carbons (Fsp3) is 0.231. The number of H-pyrrole nitrogens is 1. The molecular formula is C13H13FN2OS. The highest BCUT2D eigenvalue weighted by Gasteiger charge is 2.09. The van der Waals surface area contributed by atoms with Gasteiger partial charge in [-0.25, -0.2) is 4.39 Å². The molecule has 2 aromatic rings. The van der Waals surface area contributed by atoms with Crippen molar-refractivity contribution in [3.63, 3.8) is 0 Å². The summed E-state index contributed by atoms with van der Waals surface area (Å²) in [6.45, 7) is 3.62. The average Bonchev–Trinajstić information content (AvgIpc) is 2.32.